The summed E-state index contributed by atoms with van der Waals surface area (Å²) in [5.74, 6) is 0. The third-order valence-corrected chi connectivity index (χ3v) is 2.84. The topological polar surface area (TPSA) is 0 Å². The van der Waals surface area contributed by atoms with Gasteiger partial charge in [0.1, 0.15) is 0 Å². The molecule has 0 amide bonds. The monoisotopic (exact) mass is 238 g/mol. The Morgan fingerprint density at radius 3 is 2.62 bits per heavy atom. The summed E-state index contributed by atoms with van der Waals surface area (Å²) in [5, 5.41) is 0. The van der Waals surface area contributed by atoms with Crippen molar-refractivity contribution in [3.8, 4) is 0 Å². The zero-order valence-corrected chi connectivity index (χ0v) is 9.33. The second-order valence-electron chi connectivity index (χ2n) is 3.15. The molecule has 1 heteroatoms. The first kappa shape index (κ1) is 10.5. The van der Waals surface area contributed by atoms with Gasteiger partial charge in [0.25, 0.3) is 0 Å². The Morgan fingerprint density at radius 1 is 1.31 bits per heavy atom. The molecule has 0 bridgehead atoms. The van der Waals surface area contributed by atoms with Gasteiger partial charge in [-0.2, -0.15) is 0 Å². The van der Waals surface area contributed by atoms with E-state index in [1.807, 2.05) is 6.08 Å². The Labute approximate surface area is 88.8 Å². The smallest absolute Gasteiger partial charge is 0.0183 e. The van der Waals surface area contributed by atoms with Crippen LogP contribution in [0, 0.1) is 0 Å². The lowest BCUT2D eigenvalue weighted by Gasteiger charge is -2.06. The molecule has 0 aromatic heterocycles. The first-order chi connectivity index (χ1) is 6.33. The van der Waals surface area contributed by atoms with Crippen LogP contribution in [-0.4, -0.2) is 4.83 Å². The van der Waals surface area contributed by atoms with Gasteiger partial charge in [0.15, 0.2) is 0 Å². The lowest BCUT2D eigenvalue weighted by molar-refractivity contribution is 0.777. The third-order valence-electron chi connectivity index (χ3n) is 2.01. The molecule has 0 aliphatic heterocycles. The number of alkyl halides is 1. The molecule has 0 aliphatic carbocycles. The van der Waals surface area contributed by atoms with Crippen molar-refractivity contribution < 1.29 is 0 Å². The molecule has 0 saturated carbocycles. The van der Waals surface area contributed by atoms with E-state index < -0.39 is 0 Å². The van der Waals surface area contributed by atoms with E-state index in [1.165, 1.54) is 12.0 Å². The number of hydrogen-bond donors (Lipinski definition) is 0. The highest BCUT2D eigenvalue weighted by atomic mass is 79.9. The number of hydrogen-bond acceptors (Lipinski definition) is 0. The number of aryl methyl sites for hydroxylation is 1. The molecule has 1 aromatic carbocycles. The van der Waals surface area contributed by atoms with Gasteiger partial charge < -0.3 is 0 Å². The predicted octanol–water partition coefficient (Wildman–Crippen LogP) is 3.96. The van der Waals surface area contributed by atoms with E-state index in [1.54, 1.807) is 0 Å². The summed E-state index contributed by atoms with van der Waals surface area (Å²) in [7, 11) is 0. The highest BCUT2D eigenvalue weighted by Crippen LogP contribution is 2.14. The number of benzene rings is 1. The fourth-order valence-corrected chi connectivity index (χ4v) is 1.76. The van der Waals surface area contributed by atoms with Crippen LogP contribution in [0.2, 0.25) is 0 Å². The summed E-state index contributed by atoms with van der Waals surface area (Å²) in [6.45, 7) is 3.73. The molecule has 13 heavy (non-hydrogen) atoms. The van der Waals surface area contributed by atoms with Crippen LogP contribution in [0.5, 0.6) is 0 Å². The average molecular weight is 239 g/mol. The molecule has 0 unspecified atom stereocenters. The number of rotatable bonds is 5. The highest BCUT2D eigenvalue weighted by molar-refractivity contribution is 9.09. The minimum absolute atomic E-state index is 0.574. The Balaban J connectivity index is 2.30. The standard InChI is InChI=1S/C12H15Br/c1-2-6-12(13)10-9-11-7-4-3-5-8-11/h2-5,7-8,12H,1,6,9-10H2/t12-/m0/s1. The van der Waals surface area contributed by atoms with Crippen molar-refractivity contribution in [2.45, 2.75) is 24.1 Å². The maximum Gasteiger partial charge on any atom is 0.0183 e. The fraction of sp³-hybridized carbons (Fsp3) is 0.333. The van der Waals surface area contributed by atoms with Crippen molar-refractivity contribution in [1.82, 2.24) is 0 Å². The summed E-state index contributed by atoms with van der Waals surface area (Å²) in [6, 6.07) is 10.6. The van der Waals surface area contributed by atoms with Crippen LogP contribution in [0.3, 0.4) is 0 Å². The Bertz CT molecular complexity index is 241. The van der Waals surface area contributed by atoms with Crippen molar-refractivity contribution in [3.05, 3.63) is 48.6 Å². The van der Waals surface area contributed by atoms with Crippen LogP contribution in [0.15, 0.2) is 43.0 Å². The van der Waals surface area contributed by atoms with E-state index in [2.05, 4.69) is 52.8 Å². The molecule has 0 fully saturated rings. The molecule has 0 spiro atoms. The second kappa shape index (κ2) is 5.98. The molecule has 0 nitrogen and oxygen atoms in total. The third kappa shape index (κ3) is 4.28. The minimum atomic E-state index is 0.574. The summed E-state index contributed by atoms with van der Waals surface area (Å²) < 4.78 is 0. The van der Waals surface area contributed by atoms with E-state index in [0.29, 0.717) is 4.83 Å². The van der Waals surface area contributed by atoms with Crippen molar-refractivity contribution in [1.29, 1.82) is 0 Å². The molecular formula is C12H15Br. The van der Waals surface area contributed by atoms with Crippen molar-refractivity contribution in [2.24, 2.45) is 0 Å². The minimum Gasteiger partial charge on any atom is -0.103 e. The summed E-state index contributed by atoms with van der Waals surface area (Å²) in [5.41, 5.74) is 1.41. The van der Waals surface area contributed by atoms with Gasteiger partial charge in [0, 0.05) is 4.83 Å². The highest BCUT2D eigenvalue weighted by Gasteiger charge is 2.01. The fourth-order valence-electron chi connectivity index (χ4n) is 1.27. The Hall–Kier alpha value is -0.560. The van der Waals surface area contributed by atoms with Gasteiger partial charge in [0.05, 0.1) is 0 Å². The molecular weight excluding hydrogens is 224 g/mol. The quantitative estimate of drug-likeness (QED) is 0.539. The van der Waals surface area contributed by atoms with E-state index in [0.717, 1.165) is 12.8 Å². The van der Waals surface area contributed by atoms with Crippen LogP contribution >= 0.6 is 15.9 Å². The van der Waals surface area contributed by atoms with E-state index >= 15 is 0 Å². The first-order valence-electron chi connectivity index (χ1n) is 4.62. The number of halogens is 1. The van der Waals surface area contributed by atoms with E-state index in [4.69, 9.17) is 0 Å². The molecule has 1 rings (SSSR count). The maximum atomic E-state index is 3.73. The molecule has 1 atom stereocenters. The van der Waals surface area contributed by atoms with Gasteiger partial charge in [-0.3, -0.25) is 0 Å². The van der Waals surface area contributed by atoms with Crippen LogP contribution in [0.25, 0.3) is 0 Å². The van der Waals surface area contributed by atoms with Gasteiger partial charge >= 0.3 is 0 Å². The Kier molecular flexibility index (Phi) is 4.84. The lowest BCUT2D eigenvalue weighted by Crippen LogP contribution is -1.98. The van der Waals surface area contributed by atoms with Crippen LogP contribution in [0.4, 0.5) is 0 Å². The molecule has 0 N–H and O–H groups in total. The van der Waals surface area contributed by atoms with Crippen molar-refractivity contribution >= 4 is 15.9 Å². The van der Waals surface area contributed by atoms with Crippen molar-refractivity contribution in [2.75, 3.05) is 0 Å². The summed E-state index contributed by atoms with van der Waals surface area (Å²) in [6.07, 6.45) is 5.33. The molecule has 0 saturated heterocycles. The molecule has 70 valence electrons. The van der Waals surface area contributed by atoms with Crippen molar-refractivity contribution in [3.63, 3.8) is 0 Å². The Morgan fingerprint density at radius 2 is 2.00 bits per heavy atom. The summed E-state index contributed by atoms with van der Waals surface area (Å²) >= 11 is 3.62. The van der Waals surface area contributed by atoms with Crippen LogP contribution in [0.1, 0.15) is 18.4 Å². The molecule has 0 radical (unpaired) electrons. The SMILES string of the molecule is C=CC[C@H](Br)CCc1ccccc1. The zero-order valence-electron chi connectivity index (χ0n) is 7.75. The van der Waals surface area contributed by atoms with Crippen LogP contribution in [-0.2, 0) is 6.42 Å². The zero-order chi connectivity index (χ0) is 9.52. The lowest BCUT2D eigenvalue weighted by atomic mass is 10.1. The van der Waals surface area contributed by atoms with Gasteiger partial charge in [-0.15, -0.1) is 6.58 Å². The van der Waals surface area contributed by atoms with E-state index in [-0.39, 0.29) is 0 Å². The largest absolute Gasteiger partial charge is 0.103 e. The van der Waals surface area contributed by atoms with Gasteiger partial charge in [-0.05, 0) is 24.8 Å². The molecule has 0 heterocycles. The summed E-state index contributed by atoms with van der Waals surface area (Å²) in [4.78, 5) is 0.574. The van der Waals surface area contributed by atoms with Crippen LogP contribution < -0.4 is 0 Å². The molecule has 1 aromatic rings. The average Bonchev–Trinajstić information content (AvgIpc) is 2.17. The second-order valence-corrected chi connectivity index (χ2v) is 4.44. The normalized spacial score (nSPS) is 12.4. The first-order valence-corrected chi connectivity index (χ1v) is 5.53. The number of allylic oxidation sites excluding steroid dienone is 1. The van der Waals surface area contributed by atoms with E-state index in [9.17, 15) is 0 Å². The van der Waals surface area contributed by atoms with Gasteiger partial charge in [-0.1, -0.05) is 52.3 Å². The van der Waals surface area contributed by atoms with Gasteiger partial charge in [-0.25, -0.2) is 0 Å². The molecule has 0 aliphatic rings. The maximum absolute atomic E-state index is 3.73. The van der Waals surface area contributed by atoms with Gasteiger partial charge in [0.2, 0.25) is 0 Å². The predicted molar refractivity (Wildman–Crippen MR) is 62.3 cm³/mol.